The van der Waals surface area contributed by atoms with Crippen molar-refractivity contribution in [3.63, 3.8) is 0 Å². The monoisotopic (exact) mass is 631 g/mol. The molecule has 4 N–H and O–H groups in total. The average molecular weight is 632 g/mol. The minimum atomic E-state index is -4.26. The van der Waals surface area contributed by atoms with Gasteiger partial charge >= 0.3 is 12.1 Å². The molecule has 0 saturated heterocycles. The predicted octanol–water partition coefficient (Wildman–Crippen LogP) is 5.33. The molecule has 2 amide bonds. The number of aromatic nitrogens is 1. The third kappa shape index (κ3) is 9.41. The van der Waals surface area contributed by atoms with Gasteiger partial charge in [-0.1, -0.05) is 84.9 Å². The van der Waals surface area contributed by atoms with E-state index in [-0.39, 0.29) is 25.9 Å². The van der Waals surface area contributed by atoms with Gasteiger partial charge < -0.3 is 30.0 Å². The maximum atomic E-state index is 14.0. The second-order valence-corrected chi connectivity index (χ2v) is 13.2. The van der Waals surface area contributed by atoms with Crippen LogP contribution in [0.4, 0.5) is 4.79 Å². The van der Waals surface area contributed by atoms with Crippen molar-refractivity contribution in [1.82, 2.24) is 15.6 Å². The molecule has 0 bridgehead atoms. The minimum absolute atomic E-state index is 0.0205. The molecule has 0 aliphatic rings. The Kier molecular flexibility index (Phi) is 11.7. The Bertz CT molecular complexity index is 1640. The number of allylic oxidation sites excluding steroid dienone is 1. The molecule has 1 heterocycles. The molecule has 0 saturated carbocycles. The van der Waals surface area contributed by atoms with Crippen molar-refractivity contribution < 1.29 is 33.3 Å². The highest BCUT2D eigenvalue weighted by Gasteiger charge is 2.38. The minimum Gasteiger partial charge on any atom is -0.467 e. The first-order valence-corrected chi connectivity index (χ1v) is 16.5. The van der Waals surface area contributed by atoms with E-state index in [1.165, 1.54) is 13.2 Å². The number of ether oxygens (including phenoxy) is 2. The third-order valence-electron chi connectivity index (χ3n) is 7.46. The molecule has 0 fully saturated rings. The lowest BCUT2D eigenvalue weighted by molar-refractivity contribution is -0.145. The van der Waals surface area contributed by atoms with Gasteiger partial charge in [0.2, 0.25) is 13.3 Å². The molecule has 0 aliphatic heterocycles. The van der Waals surface area contributed by atoms with E-state index in [1.807, 2.05) is 48.5 Å². The van der Waals surface area contributed by atoms with Crippen molar-refractivity contribution in [3.05, 3.63) is 120 Å². The maximum Gasteiger partial charge on any atom is 0.408 e. The van der Waals surface area contributed by atoms with Crippen LogP contribution in [0, 0.1) is 5.92 Å². The largest absolute Gasteiger partial charge is 0.467 e. The Balaban J connectivity index is 1.50. The lowest BCUT2D eigenvalue weighted by atomic mass is 10.0. The van der Waals surface area contributed by atoms with Gasteiger partial charge in [0.25, 0.3) is 0 Å². The maximum absolute atomic E-state index is 14.0. The average Bonchev–Trinajstić information content (AvgIpc) is 3.46. The Morgan fingerprint density at radius 2 is 1.58 bits per heavy atom. The summed E-state index contributed by atoms with van der Waals surface area (Å²) in [5.41, 5.74) is 3.16. The highest BCUT2D eigenvalue weighted by molar-refractivity contribution is 7.58. The fourth-order valence-electron chi connectivity index (χ4n) is 5.09. The molecule has 1 unspecified atom stereocenters. The van der Waals surface area contributed by atoms with Gasteiger partial charge in [0, 0.05) is 36.1 Å². The first kappa shape index (κ1) is 33.2. The van der Waals surface area contributed by atoms with Crippen LogP contribution in [-0.4, -0.2) is 52.9 Å². The van der Waals surface area contributed by atoms with Gasteiger partial charge in [-0.15, -0.1) is 6.58 Å². The van der Waals surface area contributed by atoms with E-state index < -0.39 is 49.2 Å². The van der Waals surface area contributed by atoms with E-state index in [0.717, 1.165) is 22.0 Å². The van der Waals surface area contributed by atoms with E-state index in [1.54, 1.807) is 42.6 Å². The topological polar surface area (TPSA) is 147 Å². The summed E-state index contributed by atoms with van der Waals surface area (Å²) in [5.74, 6) is -3.52. The number of fused-ring (bicyclic) bond motifs is 1. The van der Waals surface area contributed by atoms with Crippen molar-refractivity contribution in [2.75, 3.05) is 13.3 Å². The van der Waals surface area contributed by atoms with Gasteiger partial charge in [0.05, 0.1) is 13.0 Å². The lowest BCUT2D eigenvalue weighted by Crippen LogP contribution is -2.46. The first-order chi connectivity index (χ1) is 21.7. The zero-order valence-corrected chi connectivity index (χ0v) is 26.0. The number of nitrogens with one attached hydrogen (secondary N) is 3. The number of rotatable bonds is 15. The summed E-state index contributed by atoms with van der Waals surface area (Å²) in [6.07, 6.45) is 2.16. The van der Waals surface area contributed by atoms with E-state index in [4.69, 9.17) is 9.47 Å². The number of hydrogen-bond acceptors (Lipinski definition) is 6. The highest BCUT2D eigenvalue weighted by atomic mass is 31.2. The molecule has 0 aliphatic carbocycles. The number of carbonyl (C=O) groups is 3. The van der Waals surface area contributed by atoms with Crippen LogP contribution < -0.4 is 10.6 Å². The van der Waals surface area contributed by atoms with Gasteiger partial charge in [0.1, 0.15) is 18.4 Å². The summed E-state index contributed by atoms with van der Waals surface area (Å²) < 4.78 is 24.3. The molecule has 3 aromatic carbocycles. The molecule has 0 radical (unpaired) electrons. The summed E-state index contributed by atoms with van der Waals surface area (Å²) in [6, 6.07) is 24.5. The van der Waals surface area contributed by atoms with Gasteiger partial charge in [0.15, 0.2) is 0 Å². The smallest absolute Gasteiger partial charge is 0.408 e. The van der Waals surface area contributed by atoms with Crippen LogP contribution in [0.1, 0.15) is 23.1 Å². The molecule has 0 spiro atoms. The SMILES string of the molecule is C=CC[C@@H](CP(=O)(O)[C@H](Cc1ccccc1)NC(=O)OCc1ccccc1)C(=O)N[C@@H](Cc1c[nH]c2ccccc12)C(=O)OC. The Morgan fingerprint density at radius 3 is 2.24 bits per heavy atom. The van der Waals surface area contributed by atoms with E-state index in [2.05, 4.69) is 22.2 Å². The van der Waals surface area contributed by atoms with Crippen LogP contribution in [-0.2, 0) is 43.1 Å². The first-order valence-electron chi connectivity index (χ1n) is 14.6. The van der Waals surface area contributed by atoms with E-state index in [9.17, 15) is 23.8 Å². The molecule has 11 heteroatoms. The zero-order chi connectivity index (χ0) is 32.2. The van der Waals surface area contributed by atoms with Crippen molar-refractivity contribution in [3.8, 4) is 0 Å². The standard InChI is InChI=1S/C34H38N3O7P/c1-3-12-26(32(38)36-30(33(39)43-2)20-27-21-35-29-18-11-10-17-28(27)29)23-45(41,42)31(19-24-13-6-4-7-14-24)37-34(40)44-22-25-15-8-5-9-16-25/h3-11,13-18,21,26,30-31,35H,1,12,19-20,22-23H2,2H3,(H,36,38)(H,37,40)(H,41,42)/t26-,30-,31+/m0/s1. The second-order valence-electron chi connectivity index (χ2n) is 10.7. The number of alkyl carbamates (subject to hydrolysis) is 1. The van der Waals surface area contributed by atoms with Crippen LogP contribution >= 0.6 is 7.37 Å². The van der Waals surface area contributed by atoms with Gasteiger partial charge in [-0.3, -0.25) is 9.36 Å². The number of hydrogen-bond donors (Lipinski definition) is 4. The lowest BCUT2D eigenvalue weighted by Gasteiger charge is -2.27. The number of para-hydroxylation sites is 1. The summed E-state index contributed by atoms with van der Waals surface area (Å²) in [5, 5.41) is 6.19. The molecule has 1 aromatic heterocycles. The second kappa shape index (κ2) is 15.9. The van der Waals surface area contributed by atoms with Crippen molar-refractivity contribution in [2.45, 2.75) is 37.7 Å². The fraction of sp³-hybridized carbons (Fsp3) is 0.265. The van der Waals surface area contributed by atoms with Crippen molar-refractivity contribution in [2.24, 2.45) is 5.92 Å². The number of methoxy groups -OCH3 is 1. The van der Waals surface area contributed by atoms with Gasteiger partial charge in [-0.2, -0.15) is 0 Å². The normalized spacial score (nSPS) is 14.4. The summed E-state index contributed by atoms with van der Waals surface area (Å²) in [6.45, 7) is 3.70. The summed E-state index contributed by atoms with van der Waals surface area (Å²) in [7, 11) is -3.03. The number of H-pyrrole nitrogens is 1. The van der Waals surface area contributed by atoms with Crippen LogP contribution in [0.3, 0.4) is 0 Å². The van der Waals surface area contributed by atoms with E-state index >= 15 is 0 Å². The van der Waals surface area contributed by atoms with Crippen molar-refractivity contribution >= 4 is 36.2 Å². The third-order valence-corrected chi connectivity index (χ3v) is 9.71. The quantitative estimate of drug-likeness (QED) is 0.0788. The van der Waals surface area contributed by atoms with Crippen molar-refractivity contribution in [1.29, 1.82) is 0 Å². The predicted molar refractivity (Wildman–Crippen MR) is 173 cm³/mol. The molecule has 4 aromatic rings. The molecular formula is C34H38N3O7P. The van der Waals surface area contributed by atoms with Crippen LogP contribution in [0.15, 0.2) is 104 Å². The number of amides is 2. The number of aromatic amines is 1. The highest BCUT2D eigenvalue weighted by Crippen LogP contribution is 2.48. The van der Waals surface area contributed by atoms with Crippen LogP contribution in [0.25, 0.3) is 10.9 Å². The summed E-state index contributed by atoms with van der Waals surface area (Å²) in [4.78, 5) is 53.7. The van der Waals surface area contributed by atoms with Crippen LogP contribution in [0.5, 0.6) is 0 Å². The Hall–Kier alpha value is -4.66. The van der Waals surface area contributed by atoms with E-state index in [0.29, 0.717) is 5.56 Å². The Labute approximate surface area is 262 Å². The van der Waals surface area contributed by atoms with Gasteiger partial charge in [-0.25, -0.2) is 9.59 Å². The molecule has 236 valence electrons. The molecule has 45 heavy (non-hydrogen) atoms. The fourth-order valence-corrected chi connectivity index (χ4v) is 7.09. The molecule has 4 rings (SSSR count). The van der Waals surface area contributed by atoms with Gasteiger partial charge in [-0.05, 0) is 29.2 Å². The molecular weight excluding hydrogens is 593 g/mol. The molecule has 10 nitrogen and oxygen atoms in total. The number of benzene rings is 3. The number of carbonyl (C=O) groups excluding carboxylic acids is 3. The molecule has 4 atom stereocenters. The summed E-state index contributed by atoms with van der Waals surface area (Å²) >= 11 is 0. The van der Waals surface area contributed by atoms with Crippen LogP contribution in [0.2, 0.25) is 0 Å². The number of esters is 1. The Morgan fingerprint density at radius 1 is 0.933 bits per heavy atom. The zero-order valence-electron chi connectivity index (χ0n) is 25.1.